The highest BCUT2D eigenvalue weighted by Gasteiger charge is 2.35. The Kier molecular flexibility index (Phi) is 11.4. The van der Waals surface area contributed by atoms with Crippen LogP contribution in [-0.4, -0.2) is 44.3 Å². The molecule has 7 nitrogen and oxygen atoms in total. The van der Waals surface area contributed by atoms with E-state index in [4.69, 9.17) is 23.2 Å². The number of anilines is 1. The predicted molar refractivity (Wildman–Crippen MR) is 176 cm³/mol. The van der Waals surface area contributed by atoms with Gasteiger partial charge in [-0.3, -0.25) is 13.9 Å². The van der Waals surface area contributed by atoms with Crippen molar-refractivity contribution in [2.75, 3.05) is 17.4 Å². The van der Waals surface area contributed by atoms with Crippen molar-refractivity contribution in [3.63, 3.8) is 0 Å². The first-order valence-corrected chi connectivity index (χ1v) is 16.6. The van der Waals surface area contributed by atoms with E-state index < -0.39 is 28.5 Å². The van der Waals surface area contributed by atoms with E-state index >= 15 is 0 Å². The Bertz CT molecular complexity index is 1670. The molecule has 230 valence electrons. The van der Waals surface area contributed by atoms with Gasteiger partial charge in [-0.15, -0.1) is 0 Å². The molecule has 2 amide bonds. The Morgan fingerprint density at radius 1 is 0.795 bits per heavy atom. The van der Waals surface area contributed by atoms with Gasteiger partial charge < -0.3 is 10.2 Å². The summed E-state index contributed by atoms with van der Waals surface area (Å²) in [5.74, 6) is -0.960. The number of sulfonamides is 1. The summed E-state index contributed by atoms with van der Waals surface area (Å²) in [6.07, 6.45) is 0.733. The lowest BCUT2D eigenvalue weighted by Gasteiger charge is -2.34. The second kappa shape index (κ2) is 15.2. The molecule has 0 aliphatic rings. The van der Waals surface area contributed by atoms with Crippen LogP contribution in [0, 0.1) is 0 Å². The van der Waals surface area contributed by atoms with E-state index in [0.717, 1.165) is 15.4 Å². The van der Waals surface area contributed by atoms with Crippen LogP contribution in [0.3, 0.4) is 0 Å². The molecule has 44 heavy (non-hydrogen) atoms. The van der Waals surface area contributed by atoms with Crippen LogP contribution in [0.1, 0.15) is 30.5 Å². The van der Waals surface area contributed by atoms with E-state index in [2.05, 4.69) is 5.32 Å². The van der Waals surface area contributed by atoms with Gasteiger partial charge in [0.15, 0.2) is 0 Å². The van der Waals surface area contributed by atoms with E-state index in [1.165, 1.54) is 17.0 Å². The Morgan fingerprint density at radius 3 is 2.00 bits per heavy atom. The molecular weight excluding hydrogens is 617 g/mol. The van der Waals surface area contributed by atoms with E-state index in [1.54, 1.807) is 55.5 Å². The van der Waals surface area contributed by atoms with E-state index in [0.29, 0.717) is 34.3 Å². The smallest absolute Gasteiger partial charge is 0.264 e. The van der Waals surface area contributed by atoms with Crippen LogP contribution in [-0.2, 0) is 39.0 Å². The molecule has 0 radical (unpaired) electrons. The molecular formula is C34H35Cl2N3O4S. The predicted octanol–water partition coefficient (Wildman–Crippen LogP) is 6.53. The third kappa shape index (κ3) is 7.80. The summed E-state index contributed by atoms with van der Waals surface area (Å²) in [6, 6.07) is 28.4. The second-order valence-electron chi connectivity index (χ2n) is 10.1. The molecule has 4 aromatic carbocycles. The number of nitrogens with one attached hydrogen (secondary N) is 1. The summed E-state index contributed by atoms with van der Waals surface area (Å²) in [5, 5.41) is 3.50. The molecule has 0 spiro atoms. The Labute approximate surface area is 269 Å². The van der Waals surface area contributed by atoms with Gasteiger partial charge >= 0.3 is 0 Å². The minimum atomic E-state index is -4.19. The number of benzene rings is 4. The van der Waals surface area contributed by atoms with Crippen LogP contribution in [0.5, 0.6) is 0 Å². The van der Waals surface area contributed by atoms with Gasteiger partial charge in [-0.1, -0.05) is 103 Å². The highest BCUT2D eigenvalue weighted by Crippen LogP contribution is 2.30. The lowest BCUT2D eigenvalue weighted by atomic mass is 10.0. The molecule has 0 aliphatic heterocycles. The van der Waals surface area contributed by atoms with Crippen LogP contribution in [0.4, 0.5) is 5.69 Å². The Morgan fingerprint density at radius 2 is 1.39 bits per heavy atom. The molecule has 4 aromatic rings. The maximum absolute atomic E-state index is 14.5. The van der Waals surface area contributed by atoms with Crippen LogP contribution < -0.4 is 9.62 Å². The average Bonchev–Trinajstić information content (AvgIpc) is 3.03. The number of hydrogen-bond donors (Lipinski definition) is 1. The average molecular weight is 653 g/mol. The summed E-state index contributed by atoms with van der Waals surface area (Å²) in [4.78, 5) is 29.6. The summed E-state index contributed by atoms with van der Waals surface area (Å²) >= 11 is 13.1. The number of aryl methyl sites for hydroxylation is 1. The monoisotopic (exact) mass is 651 g/mol. The zero-order chi connectivity index (χ0) is 31.7. The number of rotatable bonds is 13. The molecule has 0 heterocycles. The third-order valence-electron chi connectivity index (χ3n) is 7.26. The maximum Gasteiger partial charge on any atom is 0.264 e. The molecule has 0 saturated heterocycles. The van der Waals surface area contributed by atoms with Crippen molar-refractivity contribution in [1.29, 1.82) is 0 Å². The zero-order valence-corrected chi connectivity index (χ0v) is 26.9. The standard InChI is InChI=1S/C34H35Cl2N3O4S/c1-3-26-16-11-12-21-31(26)39(44(42,43)27-17-9-6-10-18-27)24-33(40)38(23-28-29(35)19-13-20-30(28)36)32(34(41)37-4-2)22-25-14-7-5-8-15-25/h5-21,32H,3-4,22-24H2,1-2H3,(H,37,41)/t32-/m1/s1. The second-order valence-corrected chi connectivity index (χ2v) is 12.8. The van der Waals surface area contributed by atoms with E-state index in [-0.39, 0.29) is 23.8 Å². The van der Waals surface area contributed by atoms with Crippen molar-refractivity contribution >= 4 is 50.7 Å². The number of amides is 2. The lowest BCUT2D eigenvalue weighted by Crippen LogP contribution is -2.53. The lowest BCUT2D eigenvalue weighted by molar-refractivity contribution is -0.140. The summed E-state index contributed by atoms with van der Waals surface area (Å²) in [7, 11) is -4.19. The topological polar surface area (TPSA) is 86.8 Å². The van der Waals surface area contributed by atoms with Crippen molar-refractivity contribution in [3.8, 4) is 0 Å². The highest BCUT2D eigenvalue weighted by molar-refractivity contribution is 7.92. The fourth-order valence-corrected chi connectivity index (χ4v) is 6.98. The number of hydrogen-bond acceptors (Lipinski definition) is 4. The van der Waals surface area contributed by atoms with Crippen LogP contribution in [0.15, 0.2) is 108 Å². The SMILES string of the molecule is CCNC(=O)[C@@H](Cc1ccccc1)N(Cc1c(Cl)cccc1Cl)C(=O)CN(c1ccccc1CC)S(=O)(=O)c1ccccc1. The van der Waals surface area contributed by atoms with Crippen molar-refractivity contribution in [1.82, 2.24) is 10.2 Å². The Balaban J connectivity index is 1.85. The number of carbonyl (C=O) groups excluding carboxylic acids is 2. The molecule has 0 fully saturated rings. The first-order chi connectivity index (χ1) is 21.2. The molecule has 4 rings (SSSR count). The largest absolute Gasteiger partial charge is 0.355 e. The number of halogens is 2. The molecule has 0 unspecified atom stereocenters. The fraction of sp³-hybridized carbons (Fsp3) is 0.235. The Hall–Kier alpha value is -3.85. The van der Waals surface area contributed by atoms with Crippen LogP contribution in [0.25, 0.3) is 0 Å². The summed E-state index contributed by atoms with van der Waals surface area (Å²) in [5.41, 5.74) is 2.43. The third-order valence-corrected chi connectivity index (χ3v) is 9.75. The van der Waals surface area contributed by atoms with Crippen molar-refractivity contribution < 1.29 is 18.0 Å². The van der Waals surface area contributed by atoms with Crippen LogP contribution >= 0.6 is 23.2 Å². The van der Waals surface area contributed by atoms with Gasteiger partial charge in [0.25, 0.3) is 10.0 Å². The van der Waals surface area contributed by atoms with Gasteiger partial charge in [0.05, 0.1) is 10.6 Å². The fourth-order valence-electron chi connectivity index (χ4n) is 4.99. The van der Waals surface area contributed by atoms with Crippen LogP contribution in [0.2, 0.25) is 10.0 Å². The summed E-state index contributed by atoms with van der Waals surface area (Å²) < 4.78 is 29.4. The first-order valence-electron chi connectivity index (χ1n) is 14.4. The van der Waals surface area contributed by atoms with Gasteiger partial charge in [-0.25, -0.2) is 8.42 Å². The van der Waals surface area contributed by atoms with E-state index in [9.17, 15) is 18.0 Å². The van der Waals surface area contributed by atoms with Gasteiger partial charge in [0.2, 0.25) is 11.8 Å². The number of nitrogens with zero attached hydrogens (tertiary/aromatic N) is 2. The molecule has 1 N–H and O–H groups in total. The molecule has 0 aromatic heterocycles. The molecule has 0 saturated carbocycles. The minimum absolute atomic E-state index is 0.0453. The maximum atomic E-state index is 14.5. The quantitative estimate of drug-likeness (QED) is 0.178. The van der Waals surface area contributed by atoms with Gasteiger partial charge in [0, 0.05) is 35.1 Å². The van der Waals surface area contributed by atoms with Crippen molar-refractivity contribution in [2.45, 2.75) is 44.2 Å². The minimum Gasteiger partial charge on any atom is -0.355 e. The van der Waals surface area contributed by atoms with Gasteiger partial charge in [-0.2, -0.15) is 0 Å². The summed E-state index contributed by atoms with van der Waals surface area (Å²) in [6.45, 7) is 3.40. The zero-order valence-electron chi connectivity index (χ0n) is 24.6. The van der Waals surface area contributed by atoms with E-state index in [1.807, 2.05) is 49.4 Å². The highest BCUT2D eigenvalue weighted by atomic mass is 35.5. The van der Waals surface area contributed by atoms with Crippen molar-refractivity contribution in [3.05, 3.63) is 130 Å². The molecule has 1 atom stereocenters. The number of carbonyl (C=O) groups is 2. The molecule has 0 bridgehead atoms. The normalized spacial score (nSPS) is 11.9. The van der Waals surface area contributed by atoms with Gasteiger partial charge in [-0.05, 0) is 54.8 Å². The number of para-hydroxylation sites is 1. The molecule has 10 heteroatoms. The molecule has 0 aliphatic carbocycles. The number of likely N-dealkylation sites (N-methyl/N-ethyl adjacent to an activating group) is 1. The van der Waals surface area contributed by atoms with Crippen molar-refractivity contribution in [2.24, 2.45) is 0 Å². The first kappa shape index (κ1) is 33.1. The van der Waals surface area contributed by atoms with Gasteiger partial charge in [0.1, 0.15) is 12.6 Å².